The Morgan fingerprint density at radius 2 is 2.00 bits per heavy atom. The third kappa shape index (κ3) is 4.53. The second-order valence-electron chi connectivity index (χ2n) is 5.26. The van der Waals surface area contributed by atoms with Crippen LogP contribution >= 0.6 is 11.6 Å². The van der Waals surface area contributed by atoms with Gasteiger partial charge in [-0.2, -0.15) is 0 Å². The Kier molecular flexibility index (Phi) is 6.56. The van der Waals surface area contributed by atoms with Crippen molar-refractivity contribution in [1.29, 1.82) is 0 Å². The quantitative estimate of drug-likeness (QED) is 0.560. The van der Waals surface area contributed by atoms with E-state index in [2.05, 4.69) is 11.9 Å². The molecule has 0 saturated heterocycles. The number of methoxy groups -OCH3 is 1. The summed E-state index contributed by atoms with van der Waals surface area (Å²) in [5, 5.41) is 0.193. The van der Waals surface area contributed by atoms with Gasteiger partial charge in [-0.1, -0.05) is 37.1 Å². The Balaban J connectivity index is 2.24. The summed E-state index contributed by atoms with van der Waals surface area (Å²) in [6.45, 7) is 2.32. The van der Waals surface area contributed by atoms with Gasteiger partial charge in [0.15, 0.2) is 0 Å². The van der Waals surface area contributed by atoms with Crippen LogP contribution in [0.4, 0.5) is 5.69 Å². The lowest BCUT2D eigenvalue weighted by Gasteiger charge is -2.22. The SMILES string of the molecule is CCCCc1ccc(N(COC)C(=O)c2cccnc2Cl)cc1. The molecule has 1 aromatic carbocycles. The lowest BCUT2D eigenvalue weighted by molar-refractivity contribution is 0.0936. The second kappa shape index (κ2) is 8.65. The van der Waals surface area contributed by atoms with Crippen molar-refractivity contribution < 1.29 is 9.53 Å². The maximum Gasteiger partial charge on any atom is 0.263 e. The van der Waals surface area contributed by atoms with E-state index in [1.807, 2.05) is 24.3 Å². The van der Waals surface area contributed by atoms with Gasteiger partial charge in [-0.3, -0.25) is 9.69 Å². The van der Waals surface area contributed by atoms with E-state index in [1.165, 1.54) is 5.56 Å². The maximum absolute atomic E-state index is 12.7. The summed E-state index contributed by atoms with van der Waals surface area (Å²) >= 11 is 6.03. The largest absolute Gasteiger partial charge is 0.364 e. The van der Waals surface area contributed by atoms with Crippen molar-refractivity contribution in [3.63, 3.8) is 0 Å². The topological polar surface area (TPSA) is 42.4 Å². The normalized spacial score (nSPS) is 10.6. The van der Waals surface area contributed by atoms with Gasteiger partial charge in [-0.25, -0.2) is 4.98 Å². The smallest absolute Gasteiger partial charge is 0.263 e. The van der Waals surface area contributed by atoms with E-state index in [-0.39, 0.29) is 17.8 Å². The highest BCUT2D eigenvalue weighted by Crippen LogP contribution is 2.21. The summed E-state index contributed by atoms with van der Waals surface area (Å²) in [4.78, 5) is 18.2. The van der Waals surface area contributed by atoms with Crippen LogP contribution in [0.5, 0.6) is 0 Å². The number of nitrogens with zero attached hydrogens (tertiary/aromatic N) is 2. The molecule has 0 N–H and O–H groups in total. The van der Waals surface area contributed by atoms with Crippen LogP contribution in [-0.2, 0) is 11.2 Å². The Labute approximate surface area is 142 Å². The Morgan fingerprint density at radius 1 is 1.26 bits per heavy atom. The number of pyridine rings is 1. The van der Waals surface area contributed by atoms with Gasteiger partial charge in [0, 0.05) is 19.0 Å². The molecule has 122 valence electrons. The molecule has 0 radical (unpaired) electrons. The van der Waals surface area contributed by atoms with Crippen LogP contribution in [0.25, 0.3) is 0 Å². The zero-order chi connectivity index (χ0) is 16.7. The number of aromatic nitrogens is 1. The minimum Gasteiger partial charge on any atom is -0.364 e. The number of anilines is 1. The van der Waals surface area contributed by atoms with Crippen LogP contribution in [0.1, 0.15) is 35.7 Å². The molecule has 2 aromatic rings. The number of ether oxygens (including phenoxy) is 1. The number of hydrogen-bond donors (Lipinski definition) is 0. The van der Waals surface area contributed by atoms with Crippen molar-refractivity contribution in [2.45, 2.75) is 26.2 Å². The second-order valence-corrected chi connectivity index (χ2v) is 5.62. The molecule has 0 unspecified atom stereocenters. The molecule has 0 aliphatic carbocycles. The van der Waals surface area contributed by atoms with Crippen LogP contribution in [0, 0.1) is 0 Å². The van der Waals surface area contributed by atoms with Gasteiger partial charge in [0.05, 0.1) is 5.56 Å². The van der Waals surface area contributed by atoms with E-state index in [4.69, 9.17) is 16.3 Å². The fourth-order valence-electron chi connectivity index (χ4n) is 2.29. The van der Waals surface area contributed by atoms with Crippen molar-refractivity contribution >= 4 is 23.2 Å². The molecule has 0 spiro atoms. The summed E-state index contributed by atoms with van der Waals surface area (Å²) < 4.78 is 5.18. The molecule has 0 fully saturated rings. The van der Waals surface area contributed by atoms with Crippen LogP contribution in [0.2, 0.25) is 5.15 Å². The van der Waals surface area contributed by atoms with Gasteiger partial charge in [-0.05, 0) is 42.7 Å². The predicted molar refractivity (Wildman–Crippen MR) is 93.0 cm³/mol. The summed E-state index contributed by atoms with van der Waals surface area (Å²) in [7, 11) is 1.56. The van der Waals surface area contributed by atoms with E-state index in [0.717, 1.165) is 24.9 Å². The molecule has 1 aromatic heterocycles. The lowest BCUT2D eigenvalue weighted by Crippen LogP contribution is -2.33. The molecule has 0 aliphatic rings. The summed E-state index contributed by atoms with van der Waals surface area (Å²) in [6, 6.07) is 11.3. The number of rotatable bonds is 7. The third-order valence-electron chi connectivity index (χ3n) is 3.56. The van der Waals surface area contributed by atoms with Gasteiger partial charge >= 0.3 is 0 Å². The van der Waals surface area contributed by atoms with Gasteiger partial charge in [-0.15, -0.1) is 0 Å². The molecule has 1 amide bonds. The molecule has 1 heterocycles. The number of amides is 1. The Morgan fingerprint density at radius 3 is 2.61 bits per heavy atom. The third-order valence-corrected chi connectivity index (χ3v) is 3.86. The van der Waals surface area contributed by atoms with E-state index in [0.29, 0.717) is 5.56 Å². The number of hydrogen-bond acceptors (Lipinski definition) is 3. The zero-order valence-corrected chi connectivity index (χ0v) is 14.2. The molecular formula is C18H21ClN2O2. The molecule has 0 saturated carbocycles. The average molecular weight is 333 g/mol. The number of halogens is 1. The minimum absolute atomic E-state index is 0.151. The van der Waals surface area contributed by atoms with Crippen molar-refractivity contribution in [2.24, 2.45) is 0 Å². The van der Waals surface area contributed by atoms with Crippen molar-refractivity contribution in [3.8, 4) is 0 Å². The highest BCUT2D eigenvalue weighted by Gasteiger charge is 2.20. The first kappa shape index (κ1) is 17.4. The van der Waals surface area contributed by atoms with E-state index in [9.17, 15) is 4.79 Å². The van der Waals surface area contributed by atoms with Crippen LogP contribution in [-0.4, -0.2) is 24.7 Å². The van der Waals surface area contributed by atoms with Gasteiger partial charge in [0.2, 0.25) is 0 Å². The summed E-state index contributed by atoms with van der Waals surface area (Å²) in [6.07, 6.45) is 4.92. The van der Waals surface area contributed by atoms with E-state index >= 15 is 0 Å². The van der Waals surface area contributed by atoms with Gasteiger partial charge < -0.3 is 4.74 Å². The molecular weight excluding hydrogens is 312 g/mol. The number of benzene rings is 1. The van der Waals surface area contributed by atoms with Crippen LogP contribution < -0.4 is 4.90 Å². The highest BCUT2D eigenvalue weighted by molar-refractivity contribution is 6.33. The van der Waals surface area contributed by atoms with Crippen LogP contribution in [0.15, 0.2) is 42.6 Å². The Bertz CT molecular complexity index is 644. The highest BCUT2D eigenvalue weighted by atomic mass is 35.5. The monoisotopic (exact) mass is 332 g/mol. The number of aryl methyl sites for hydroxylation is 1. The first-order valence-corrected chi connectivity index (χ1v) is 8.05. The van der Waals surface area contributed by atoms with E-state index < -0.39 is 0 Å². The molecule has 5 heteroatoms. The number of carbonyl (C=O) groups excluding carboxylic acids is 1. The fraction of sp³-hybridized carbons (Fsp3) is 0.333. The van der Waals surface area contributed by atoms with Gasteiger partial charge in [0.25, 0.3) is 5.91 Å². The van der Waals surface area contributed by atoms with Gasteiger partial charge in [0.1, 0.15) is 11.9 Å². The minimum atomic E-state index is -0.230. The fourth-order valence-corrected chi connectivity index (χ4v) is 2.49. The molecule has 0 atom stereocenters. The van der Waals surface area contributed by atoms with Crippen LogP contribution in [0.3, 0.4) is 0 Å². The summed E-state index contributed by atoms with van der Waals surface area (Å²) in [5.41, 5.74) is 2.40. The lowest BCUT2D eigenvalue weighted by atomic mass is 10.1. The summed E-state index contributed by atoms with van der Waals surface area (Å²) in [5.74, 6) is -0.230. The Hall–Kier alpha value is -1.91. The van der Waals surface area contributed by atoms with Crippen molar-refractivity contribution in [3.05, 3.63) is 58.9 Å². The molecule has 4 nitrogen and oxygen atoms in total. The standard InChI is InChI=1S/C18H21ClN2O2/c1-3-4-6-14-8-10-15(11-9-14)21(13-23-2)18(22)16-7-5-12-20-17(16)19/h5,7-12H,3-4,6,13H2,1-2H3. The molecule has 23 heavy (non-hydrogen) atoms. The maximum atomic E-state index is 12.7. The first-order chi connectivity index (χ1) is 11.2. The van der Waals surface area contributed by atoms with E-state index in [1.54, 1.807) is 30.3 Å². The molecule has 2 rings (SSSR count). The molecule has 0 bridgehead atoms. The number of carbonyl (C=O) groups is 1. The predicted octanol–water partition coefficient (Wildman–Crippen LogP) is 4.33. The average Bonchev–Trinajstić information content (AvgIpc) is 2.58. The first-order valence-electron chi connectivity index (χ1n) is 7.67. The number of unbranched alkanes of at least 4 members (excludes halogenated alkanes) is 1. The molecule has 0 aliphatic heterocycles. The zero-order valence-electron chi connectivity index (χ0n) is 13.5. The van der Waals surface area contributed by atoms with Crippen molar-refractivity contribution in [2.75, 3.05) is 18.7 Å². The van der Waals surface area contributed by atoms with Crippen molar-refractivity contribution in [1.82, 2.24) is 4.98 Å².